The molecule has 2 aliphatic rings. The van der Waals surface area contributed by atoms with Crippen molar-refractivity contribution in [1.82, 2.24) is 10.2 Å². The van der Waals surface area contributed by atoms with Crippen LogP contribution in [-0.4, -0.2) is 49.1 Å². The minimum absolute atomic E-state index is 0. The van der Waals surface area contributed by atoms with Crippen molar-refractivity contribution < 1.29 is 23.4 Å². The van der Waals surface area contributed by atoms with E-state index in [1.54, 1.807) is 12.1 Å². The minimum Gasteiger partial charge on any atom is -0.396 e. The highest BCUT2D eigenvalue weighted by atomic mass is 35.5. The maximum Gasteiger partial charge on any atom is 0.586 e. The van der Waals surface area contributed by atoms with Gasteiger partial charge < -0.3 is 19.9 Å². The Morgan fingerprint density at radius 1 is 1.26 bits per heavy atom. The first-order chi connectivity index (χ1) is 10.6. The zero-order valence-corrected chi connectivity index (χ0v) is 13.5. The van der Waals surface area contributed by atoms with Gasteiger partial charge in [0, 0.05) is 44.4 Å². The maximum atomic E-state index is 13.4. The van der Waals surface area contributed by atoms with Crippen molar-refractivity contribution in [2.24, 2.45) is 0 Å². The number of nitrogens with one attached hydrogen (secondary N) is 1. The lowest BCUT2D eigenvalue weighted by atomic mass is 9.98. The third-order valence-electron chi connectivity index (χ3n) is 4.05. The number of para-hydroxylation sites is 1. The Labute approximate surface area is 140 Å². The van der Waals surface area contributed by atoms with Crippen molar-refractivity contribution >= 4 is 12.4 Å². The molecule has 130 valence electrons. The van der Waals surface area contributed by atoms with Crippen LogP contribution in [0.15, 0.2) is 18.2 Å². The fourth-order valence-corrected chi connectivity index (χ4v) is 3.07. The molecular formula is C15H21ClF2N2O3. The lowest BCUT2D eigenvalue weighted by Gasteiger charge is -2.35. The molecule has 0 aliphatic carbocycles. The summed E-state index contributed by atoms with van der Waals surface area (Å²) >= 11 is 0. The summed E-state index contributed by atoms with van der Waals surface area (Å²) in [5.41, 5.74) is 0.699. The van der Waals surface area contributed by atoms with Gasteiger partial charge in [0.1, 0.15) is 0 Å². The normalized spacial score (nSPS) is 20.8. The van der Waals surface area contributed by atoms with Crippen LogP contribution in [0.1, 0.15) is 24.4 Å². The van der Waals surface area contributed by atoms with Gasteiger partial charge in [0.25, 0.3) is 0 Å². The quantitative estimate of drug-likeness (QED) is 0.852. The Morgan fingerprint density at radius 3 is 2.70 bits per heavy atom. The summed E-state index contributed by atoms with van der Waals surface area (Å²) in [5.74, 6) is 0.195. The molecule has 2 N–H and O–H groups in total. The number of halogens is 3. The molecule has 3 rings (SSSR count). The zero-order chi connectivity index (χ0) is 15.6. The molecule has 0 radical (unpaired) electrons. The first-order valence-electron chi connectivity index (χ1n) is 7.55. The maximum absolute atomic E-state index is 13.4. The van der Waals surface area contributed by atoms with Crippen LogP contribution in [0, 0.1) is 0 Å². The van der Waals surface area contributed by atoms with Gasteiger partial charge in [0.2, 0.25) is 0 Å². The summed E-state index contributed by atoms with van der Waals surface area (Å²) in [5, 5.41) is 12.4. The number of aliphatic hydroxyl groups excluding tert-OH is 1. The first kappa shape index (κ1) is 18.2. The highest BCUT2D eigenvalue weighted by molar-refractivity contribution is 5.85. The lowest BCUT2D eigenvalue weighted by Crippen LogP contribution is -2.45. The Morgan fingerprint density at radius 2 is 2.00 bits per heavy atom. The van der Waals surface area contributed by atoms with Crippen LogP contribution in [0.4, 0.5) is 8.78 Å². The number of aliphatic hydroxyl groups is 1. The fourth-order valence-electron chi connectivity index (χ4n) is 3.07. The van der Waals surface area contributed by atoms with E-state index in [0.29, 0.717) is 18.4 Å². The summed E-state index contributed by atoms with van der Waals surface area (Å²) in [4.78, 5) is 2.24. The summed E-state index contributed by atoms with van der Waals surface area (Å²) < 4.78 is 36.0. The van der Waals surface area contributed by atoms with Crippen molar-refractivity contribution in [3.8, 4) is 11.5 Å². The molecule has 0 unspecified atom stereocenters. The average molecular weight is 351 g/mol. The van der Waals surface area contributed by atoms with E-state index < -0.39 is 6.29 Å². The number of piperazine rings is 1. The number of nitrogens with zero attached hydrogens (tertiary/aromatic N) is 1. The van der Waals surface area contributed by atoms with Crippen molar-refractivity contribution in [2.45, 2.75) is 25.2 Å². The van der Waals surface area contributed by atoms with Gasteiger partial charge in [-0.1, -0.05) is 12.1 Å². The van der Waals surface area contributed by atoms with Crippen LogP contribution in [0.25, 0.3) is 0 Å². The second-order valence-electron chi connectivity index (χ2n) is 5.51. The minimum atomic E-state index is -3.61. The van der Waals surface area contributed by atoms with Gasteiger partial charge in [-0.05, 0) is 18.9 Å². The monoisotopic (exact) mass is 350 g/mol. The van der Waals surface area contributed by atoms with E-state index in [4.69, 9.17) is 9.84 Å². The number of ether oxygens (including phenoxy) is 2. The summed E-state index contributed by atoms with van der Waals surface area (Å²) in [6.07, 6.45) is -2.32. The van der Waals surface area contributed by atoms with E-state index in [-0.39, 0.29) is 36.6 Å². The van der Waals surface area contributed by atoms with Gasteiger partial charge in [-0.25, -0.2) is 0 Å². The van der Waals surface area contributed by atoms with Crippen LogP contribution in [-0.2, 0) is 0 Å². The van der Waals surface area contributed by atoms with Crippen LogP contribution >= 0.6 is 12.4 Å². The summed E-state index contributed by atoms with van der Waals surface area (Å²) in [7, 11) is 0. The smallest absolute Gasteiger partial charge is 0.396 e. The van der Waals surface area contributed by atoms with Crippen LogP contribution in [0.3, 0.4) is 0 Å². The van der Waals surface area contributed by atoms with E-state index in [1.165, 1.54) is 6.07 Å². The second-order valence-corrected chi connectivity index (χ2v) is 5.51. The first-order valence-corrected chi connectivity index (χ1v) is 7.55. The van der Waals surface area contributed by atoms with Gasteiger partial charge in [-0.3, -0.25) is 4.90 Å². The SMILES string of the molecule is Cl.OCCC[C@@H](c1cccc2c1OC(F)(F)O2)N1CCNCC1. The number of fused-ring (bicyclic) bond motifs is 1. The van der Waals surface area contributed by atoms with Gasteiger partial charge in [-0.15, -0.1) is 21.2 Å². The molecule has 1 saturated heterocycles. The van der Waals surface area contributed by atoms with E-state index in [1.807, 2.05) is 0 Å². The fraction of sp³-hybridized carbons (Fsp3) is 0.600. The summed E-state index contributed by atoms with van der Waals surface area (Å²) in [6.45, 7) is 3.45. The van der Waals surface area contributed by atoms with Crippen molar-refractivity contribution in [3.05, 3.63) is 23.8 Å². The molecule has 0 spiro atoms. The number of benzene rings is 1. The molecule has 0 bridgehead atoms. The van der Waals surface area contributed by atoms with Crippen LogP contribution in [0.5, 0.6) is 11.5 Å². The molecular weight excluding hydrogens is 330 g/mol. The number of hydrogen-bond donors (Lipinski definition) is 2. The van der Waals surface area contributed by atoms with Gasteiger partial charge in [0.05, 0.1) is 0 Å². The standard InChI is InChI=1S/C15H20F2N2O3.ClH/c16-15(17)21-13-5-1-3-11(14(13)22-15)12(4-2-10-20)19-8-6-18-7-9-19;/h1,3,5,12,18,20H,2,4,6-10H2;1H/t12-;/m0./s1. The van der Waals surface area contributed by atoms with Gasteiger partial charge >= 0.3 is 6.29 Å². The Kier molecular flexibility index (Phi) is 6.02. The molecule has 5 nitrogen and oxygen atoms in total. The zero-order valence-electron chi connectivity index (χ0n) is 12.6. The predicted octanol–water partition coefficient (Wildman–Crippen LogP) is 2.15. The van der Waals surface area contributed by atoms with E-state index in [9.17, 15) is 8.78 Å². The van der Waals surface area contributed by atoms with E-state index in [2.05, 4.69) is 15.0 Å². The Hall–Kier alpha value is -1.15. The molecule has 1 aromatic carbocycles. The molecule has 8 heteroatoms. The van der Waals surface area contributed by atoms with Crippen molar-refractivity contribution in [1.29, 1.82) is 0 Å². The molecule has 2 aliphatic heterocycles. The van der Waals surface area contributed by atoms with Gasteiger partial charge in [0.15, 0.2) is 11.5 Å². The molecule has 0 amide bonds. The third kappa shape index (κ3) is 4.03. The third-order valence-corrected chi connectivity index (χ3v) is 4.05. The topological polar surface area (TPSA) is 54.0 Å². The molecule has 0 aromatic heterocycles. The lowest BCUT2D eigenvalue weighted by molar-refractivity contribution is -0.287. The molecule has 1 aromatic rings. The van der Waals surface area contributed by atoms with Gasteiger partial charge in [-0.2, -0.15) is 0 Å². The largest absolute Gasteiger partial charge is 0.586 e. The van der Waals surface area contributed by atoms with E-state index in [0.717, 1.165) is 26.2 Å². The van der Waals surface area contributed by atoms with Crippen LogP contribution < -0.4 is 14.8 Å². The number of rotatable bonds is 5. The average Bonchev–Trinajstić information content (AvgIpc) is 2.83. The molecule has 0 saturated carbocycles. The molecule has 1 fully saturated rings. The highest BCUT2D eigenvalue weighted by Gasteiger charge is 2.45. The number of alkyl halides is 2. The Balaban J connectivity index is 0.00000192. The van der Waals surface area contributed by atoms with Crippen molar-refractivity contribution in [2.75, 3.05) is 32.8 Å². The second kappa shape index (κ2) is 7.61. The van der Waals surface area contributed by atoms with E-state index >= 15 is 0 Å². The predicted molar refractivity (Wildman–Crippen MR) is 83.4 cm³/mol. The van der Waals surface area contributed by atoms with Crippen molar-refractivity contribution in [3.63, 3.8) is 0 Å². The summed E-state index contributed by atoms with van der Waals surface area (Å²) in [6, 6.07) is 4.92. The number of hydrogen-bond acceptors (Lipinski definition) is 5. The molecule has 1 atom stereocenters. The highest BCUT2D eigenvalue weighted by Crippen LogP contribution is 2.46. The molecule has 2 heterocycles. The Bertz CT molecular complexity index is 527. The molecule has 23 heavy (non-hydrogen) atoms. The van der Waals surface area contributed by atoms with Crippen LogP contribution in [0.2, 0.25) is 0 Å².